The van der Waals surface area contributed by atoms with Gasteiger partial charge in [0.2, 0.25) is 11.8 Å². The van der Waals surface area contributed by atoms with Crippen molar-refractivity contribution in [3.05, 3.63) is 42.9 Å². The zero-order valence-corrected chi connectivity index (χ0v) is 16.8. The van der Waals surface area contributed by atoms with Gasteiger partial charge in [-0.15, -0.1) is 5.10 Å². The van der Waals surface area contributed by atoms with Gasteiger partial charge in [-0.1, -0.05) is 13.0 Å². The quantitative estimate of drug-likeness (QED) is 0.545. The molecule has 0 amide bonds. The number of fused-ring (bicyclic) bond motifs is 2. The number of ether oxygens (including phenoxy) is 1. The molecular formula is C21H22FN7O. The summed E-state index contributed by atoms with van der Waals surface area (Å²) in [5, 5.41) is 7.68. The summed E-state index contributed by atoms with van der Waals surface area (Å²) in [7, 11) is 1.57. The van der Waals surface area contributed by atoms with E-state index in [1.807, 2.05) is 37.4 Å². The van der Waals surface area contributed by atoms with Crippen molar-refractivity contribution in [2.45, 2.75) is 19.1 Å². The topological polar surface area (TPSA) is 80.5 Å². The fourth-order valence-corrected chi connectivity index (χ4v) is 3.96. The van der Waals surface area contributed by atoms with Crippen LogP contribution in [0.25, 0.3) is 27.7 Å². The summed E-state index contributed by atoms with van der Waals surface area (Å²) in [5.41, 5.74) is 4.27. The Balaban J connectivity index is 1.52. The molecule has 4 heterocycles. The number of nitrogens with zero attached hydrogens (tertiary/aromatic N) is 6. The Hall–Kier alpha value is -3.33. The number of anilines is 1. The van der Waals surface area contributed by atoms with E-state index in [0.717, 1.165) is 34.2 Å². The van der Waals surface area contributed by atoms with Crippen LogP contribution in [0, 0.1) is 0 Å². The third kappa shape index (κ3) is 3.21. The van der Waals surface area contributed by atoms with Crippen LogP contribution in [0.3, 0.4) is 0 Å². The molecule has 8 nitrogen and oxygen atoms in total. The largest absolute Gasteiger partial charge is 0.479 e. The van der Waals surface area contributed by atoms with Gasteiger partial charge in [-0.05, 0) is 30.3 Å². The Kier molecular flexibility index (Phi) is 4.66. The lowest BCUT2D eigenvalue weighted by molar-refractivity contribution is 0.295. The van der Waals surface area contributed by atoms with Gasteiger partial charge >= 0.3 is 0 Å². The van der Waals surface area contributed by atoms with E-state index >= 15 is 0 Å². The van der Waals surface area contributed by atoms with Crippen LogP contribution >= 0.6 is 0 Å². The third-order valence-electron chi connectivity index (χ3n) is 5.54. The number of halogens is 1. The van der Waals surface area contributed by atoms with Crippen molar-refractivity contribution in [1.82, 2.24) is 29.5 Å². The molecule has 1 fully saturated rings. The molecule has 0 saturated carbocycles. The molecule has 1 N–H and O–H groups in total. The molecule has 154 valence electrons. The average Bonchev–Trinajstić information content (AvgIpc) is 3.36. The van der Waals surface area contributed by atoms with Crippen molar-refractivity contribution in [2.24, 2.45) is 0 Å². The molecule has 1 saturated heterocycles. The van der Waals surface area contributed by atoms with Crippen molar-refractivity contribution in [1.29, 1.82) is 0 Å². The predicted octanol–water partition coefficient (Wildman–Crippen LogP) is 2.80. The average molecular weight is 407 g/mol. The van der Waals surface area contributed by atoms with Crippen LogP contribution in [0.4, 0.5) is 10.3 Å². The fourth-order valence-electron chi connectivity index (χ4n) is 3.96. The smallest absolute Gasteiger partial charge is 0.244 e. The molecular weight excluding hydrogens is 385 g/mol. The Bertz CT molecular complexity index is 1210. The van der Waals surface area contributed by atoms with E-state index < -0.39 is 6.17 Å². The zero-order chi connectivity index (χ0) is 20.7. The SMILES string of the molecule is CCN1C[C@@H](F)[C@@H](Nc2nc(OC)c3c(-c4ccc5nccnc5c4)ccn3n2)C1. The summed E-state index contributed by atoms with van der Waals surface area (Å²) in [6.07, 6.45) is 4.23. The molecule has 1 aliphatic heterocycles. The molecule has 1 aromatic carbocycles. The van der Waals surface area contributed by atoms with E-state index in [2.05, 4.69) is 30.3 Å². The summed E-state index contributed by atoms with van der Waals surface area (Å²) >= 11 is 0. The standard InChI is InChI=1S/C21H22FN7O/c1-3-28-11-15(22)18(12-28)25-21-26-20(30-2)19-14(6-9-29(19)27-21)13-4-5-16-17(10-13)24-8-7-23-16/h4-10,15,18H,3,11-12H2,1-2H3,(H,25,27)/t15-,18+/m1/s1. The monoisotopic (exact) mass is 407 g/mol. The van der Waals surface area contributed by atoms with E-state index in [9.17, 15) is 4.39 Å². The molecule has 0 bridgehead atoms. The van der Waals surface area contributed by atoms with E-state index in [-0.39, 0.29) is 6.04 Å². The molecule has 30 heavy (non-hydrogen) atoms. The second kappa shape index (κ2) is 7.49. The Labute approximate surface area is 172 Å². The molecule has 0 aliphatic carbocycles. The fraction of sp³-hybridized carbons (Fsp3) is 0.333. The van der Waals surface area contributed by atoms with E-state index in [4.69, 9.17) is 4.74 Å². The van der Waals surface area contributed by atoms with Gasteiger partial charge in [0.25, 0.3) is 0 Å². The first kappa shape index (κ1) is 18.7. The molecule has 0 radical (unpaired) electrons. The van der Waals surface area contributed by atoms with Gasteiger partial charge in [0.15, 0.2) is 0 Å². The lowest BCUT2D eigenvalue weighted by Gasteiger charge is -2.16. The number of benzene rings is 1. The van der Waals surface area contributed by atoms with Crippen molar-refractivity contribution < 1.29 is 9.13 Å². The first-order chi connectivity index (χ1) is 14.7. The van der Waals surface area contributed by atoms with Crippen LogP contribution in [-0.2, 0) is 0 Å². The van der Waals surface area contributed by atoms with Crippen LogP contribution in [0.1, 0.15) is 6.92 Å². The summed E-state index contributed by atoms with van der Waals surface area (Å²) < 4.78 is 21.6. The summed E-state index contributed by atoms with van der Waals surface area (Å²) in [6, 6.07) is 7.52. The first-order valence-electron chi connectivity index (χ1n) is 9.93. The van der Waals surface area contributed by atoms with Crippen LogP contribution < -0.4 is 10.1 Å². The van der Waals surface area contributed by atoms with Gasteiger partial charge in [0.05, 0.1) is 24.2 Å². The van der Waals surface area contributed by atoms with Crippen LogP contribution in [0.15, 0.2) is 42.9 Å². The number of nitrogens with one attached hydrogen (secondary N) is 1. The molecule has 5 rings (SSSR count). The third-order valence-corrected chi connectivity index (χ3v) is 5.54. The van der Waals surface area contributed by atoms with Crippen molar-refractivity contribution in [3.63, 3.8) is 0 Å². The van der Waals surface area contributed by atoms with E-state index in [0.29, 0.717) is 24.9 Å². The minimum atomic E-state index is -0.964. The van der Waals surface area contributed by atoms with Crippen LogP contribution in [0.2, 0.25) is 0 Å². The normalized spacial score (nSPS) is 19.6. The second-order valence-electron chi connectivity index (χ2n) is 7.35. The van der Waals surface area contributed by atoms with Crippen LogP contribution in [0.5, 0.6) is 5.88 Å². The zero-order valence-electron chi connectivity index (χ0n) is 16.8. The molecule has 0 unspecified atom stereocenters. The first-order valence-corrected chi connectivity index (χ1v) is 9.93. The highest BCUT2D eigenvalue weighted by Crippen LogP contribution is 2.32. The minimum Gasteiger partial charge on any atom is -0.479 e. The summed E-state index contributed by atoms with van der Waals surface area (Å²) in [4.78, 5) is 15.3. The van der Waals surface area contributed by atoms with Gasteiger partial charge in [0, 0.05) is 37.2 Å². The van der Waals surface area contributed by atoms with E-state index in [1.54, 1.807) is 24.0 Å². The van der Waals surface area contributed by atoms with Gasteiger partial charge in [-0.3, -0.25) is 14.9 Å². The molecule has 4 aromatic rings. The molecule has 3 aromatic heterocycles. The maximum atomic E-state index is 14.4. The molecule has 0 spiro atoms. The molecule has 9 heteroatoms. The van der Waals surface area contributed by atoms with Crippen LogP contribution in [-0.4, -0.2) is 68.4 Å². The highest BCUT2D eigenvalue weighted by molar-refractivity contribution is 5.89. The number of rotatable bonds is 5. The number of likely N-dealkylation sites (tertiary alicyclic amines) is 1. The van der Waals surface area contributed by atoms with Crippen molar-refractivity contribution in [2.75, 3.05) is 32.1 Å². The Morgan fingerprint density at radius 2 is 2.00 bits per heavy atom. The number of aromatic nitrogens is 5. The van der Waals surface area contributed by atoms with Gasteiger partial charge in [-0.25, -0.2) is 8.91 Å². The number of likely N-dealkylation sites (N-methyl/N-ethyl adjacent to an activating group) is 1. The second-order valence-corrected chi connectivity index (χ2v) is 7.35. The van der Waals surface area contributed by atoms with Crippen molar-refractivity contribution >= 4 is 22.5 Å². The van der Waals surface area contributed by atoms with Gasteiger partial charge < -0.3 is 10.1 Å². The maximum Gasteiger partial charge on any atom is 0.244 e. The number of alkyl halides is 1. The Morgan fingerprint density at radius 3 is 2.77 bits per heavy atom. The summed E-state index contributed by atoms with van der Waals surface area (Å²) in [5.74, 6) is 0.768. The number of hydrogen-bond donors (Lipinski definition) is 1. The van der Waals surface area contributed by atoms with Gasteiger partial charge in [-0.2, -0.15) is 4.98 Å². The number of methoxy groups -OCH3 is 1. The highest BCUT2D eigenvalue weighted by Gasteiger charge is 2.32. The molecule has 2 atom stereocenters. The Morgan fingerprint density at radius 1 is 1.17 bits per heavy atom. The molecule has 1 aliphatic rings. The minimum absolute atomic E-state index is 0.344. The summed E-state index contributed by atoms with van der Waals surface area (Å²) in [6.45, 7) is 3.89. The van der Waals surface area contributed by atoms with E-state index in [1.165, 1.54) is 0 Å². The predicted molar refractivity (Wildman–Crippen MR) is 112 cm³/mol. The lowest BCUT2D eigenvalue weighted by atomic mass is 10.1. The lowest BCUT2D eigenvalue weighted by Crippen LogP contribution is -2.31. The maximum absolute atomic E-state index is 14.4. The van der Waals surface area contributed by atoms with Gasteiger partial charge in [0.1, 0.15) is 11.7 Å². The van der Waals surface area contributed by atoms with Crippen molar-refractivity contribution in [3.8, 4) is 17.0 Å². The highest BCUT2D eigenvalue weighted by atomic mass is 19.1. The number of hydrogen-bond acceptors (Lipinski definition) is 7.